The Bertz CT molecular complexity index is 594. The number of anilines is 1. The maximum atomic E-state index is 12.5. The summed E-state index contributed by atoms with van der Waals surface area (Å²) in [7, 11) is 0. The second-order valence-corrected chi connectivity index (χ2v) is 6.01. The summed E-state index contributed by atoms with van der Waals surface area (Å²) in [6.07, 6.45) is 4.04. The van der Waals surface area contributed by atoms with Crippen molar-refractivity contribution in [3.63, 3.8) is 0 Å². The first-order valence-electron chi connectivity index (χ1n) is 8.08. The van der Waals surface area contributed by atoms with Gasteiger partial charge in [-0.3, -0.25) is 9.59 Å². The summed E-state index contributed by atoms with van der Waals surface area (Å²) in [5, 5.41) is 0. The summed E-state index contributed by atoms with van der Waals surface area (Å²) in [5.41, 5.74) is 1.35. The predicted octanol–water partition coefficient (Wildman–Crippen LogP) is 1.75. The highest BCUT2D eigenvalue weighted by atomic mass is 16.2. The van der Waals surface area contributed by atoms with E-state index in [1.165, 1.54) is 6.42 Å². The zero-order valence-electron chi connectivity index (χ0n) is 13.1. The van der Waals surface area contributed by atoms with Crippen molar-refractivity contribution in [3.05, 3.63) is 29.8 Å². The van der Waals surface area contributed by atoms with Crippen molar-refractivity contribution in [2.45, 2.75) is 19.3 Å². The van der Waals surface area contributed by atoms with Crippen LogP contribution in [-0.2, 0) is 4.79 Å². The third-order valence-electron chi connectivity index (χ3n) is 4.46. The minimum Gasteiger partial charge on any atom is -0.325 e. The van der Waals surface area contributed by atoms with Gasteiger partial charge in [-0.05, 0) is 43.5 Å². The van der Waals surface area contributed by atoms with Gasteiger partial charge >= 0.3 is 6.03 Å². The lowest BCUT2D eigenvalue weighted by Crippen LogP contribution is -2.56. The van der Waals surface area contributed by atoms with Gasteiger partial charge in [0.2, 0.25) is 5.91 Å². The first-order valence-corrected chi connectivity index (χ1v) is 8.08. The lowest BCUT2D eigenvalue weighted by atomic mass is 10.1. The number of aldehydes is 1. The van der Waals surface area contributed by atoms with E-state index >= 15 is 0 Å². The van der Waals surface area contributed by atoms with Crippen molar-refractivity contribution in [1.29, 1.82) is 0 Å². The lowest BCUT2D eigenvalue weighted by Gasteiger charge is -2.38. The second kappa shape index (κ2) is 6.81. The van der Waals surface area contributed by atoms with E-state index in [0.717, 1.165) is 37.9 Å². The van der Waals surface area contributed by atoms with Crippen LogP contribution < -0.4 is 4.90 Å². The Balaban J connectivity index is 1.63. The van der Waals surface area contributed by atoms with Crippen LogP contribution in [-0.4, -0.2) is 60.7 Å². The van der Waals surface area contributed by atoms with E-state index in [0.29, 0.717) is 18.7 Å². The van der Waals surface area contributed by atoms with E-state index in [1.807, 2.05) is 4.90 Å². The van der Waals surface area contributed by atoms with Crippen LogP contribution in [0.15, 0.2) is 24.3 Å². The molecule has 0 N–H and O–H groups in total. The molecule has 0 spiro atoms. The molecule has 2 fully saturated rings. The zero-order valence-corrected chi connectivity index (χ0v) is 13.1. The van der Waals surface area contributed by atoms with Crippen LogP contribution in [0.3, 0.4) is 0 Å². The van der Waals surface area contributed by atoms with Crippen molar-refractivity contribution >= 4 is 23.9 Å². The van der Waals surface area contributed by atoms with Gasteiger partial charge in [0.15, 0.2) is 0 Å². The average molecular weight is 315 g/mol. The SMILES string of the molecule is O=Cc1ccc(N2CCN(C(=O)N3CCCCC3)CC2=O)cc1. The molecule has 2 saturated heterocycles. The molecule has 0 aliphatic carbocycles. The molecule has 2 aliphatic rings. The molecule has 6 nitrogen and oxygen atoms in total. The number of carbonyl (C=O) groups excluding carboxylic acids is 3. The highest BCUT2D eigenvalue weighted by Gasteiger charge is 2.30. The number of hydrogen-bond donors (Lipinski definition) is 0. The number of piperidine rings is 1. The van der Waals surface area contributed by atoms with E-state index in [4.69, 9.17) is 0 Å². The standard InChI is InChI=1S/C17H21N3O3/c21-13-14-4-6-15(7-5-14)20-11-10-19(12-16(20)22)17(23)18-8-2-1-3-9-18/h4-7,13H,1-3,8-12H2. The smallest absolute Gasteiger partial charge is 0.320 e. The summed E-state index contributed by atoms with van der Waals surface area (Å²) >= 11 is 0. The van der Waals surface area contributed by atoms with Crippen LogP contribution in [0.25, 0.3) is 0 Å². The Labute approximate surface area is 135 Å². The van der Waals surface area contributed by atoms with Crippen LogP contribution in [0.4, 0.5) is 10.5 Å². The molecule has 0 aromatic heterocycles. The van der Waals surface area contributed by atoms with Crippen molar-refractivity contribution in [3.8, 4) is 0 Å². The molecular formula is C17H21N3O3. The largest absolute Gasteiger partial charge is 0.325 e. The van der Waals surface area contributed by atoms with Gasteiger partial charge < -0.3 is 14.7 Å². The fourth-order valence-electron chi connectivity index (χ4n) is 3.13. The van der Waals surface area contributed by atoms with Gasteiger partial charge in [0.1, 0.15) is 12.8 Å². The van der Waals surface area contributed by atoms with Gasteiger partial charge in [-0.15, -0.1) is 0 Å². The van der Waals surface area contributed by atoms with Crippen LogP contribution in [0.2, 0.25) is 0 Å². The van der Waals surface area contributed by atoms with E-state index in [9.17, 15) is 14.4 Å². The van der Waals surface area contributed by atoms with Crippen molar-refractivity contribution in [1.82, 2.24) is 9.80 Å². The molecule has 0 atom stereocenters. The number of amides is 3. The summed E-state index contributed by atoms with van der Waals surface area (Å²) < 4.78 is 0. The first kappa shape index (κ1) is 15.5. The maximum Gasteiger partial charge on any atom is 0.320 e. The van der Waals surface area contributed by atoms with E-state index in [-0.39, 0.29) is 18.5 Å². The number of likely N-dealkylation sites (tertiary alicyclic amines) is 1. The fraction of sp³-hybridized carbons (Fsp3) is 0.471. The molecule has 122 valence electrons. The summed E-state index contributed by atoms with van der Waals surface area (Å²) in [5.74, 6) is -0.0829. The van der Waals surface area contributed by atoms with Crippen molar-refractivity contribution in [2.75, 3.05) is 37.6 Å². The number of benzene rings is 1. The number of rotatable bonds is 2. The van der Waals surface area contributed by atoms with Gasteiger partial charge in [-0.25, -0.2) is 4.79 Å². The fourth-order valence-corrected chi connectivity index (χ4v) is 3.13. The van der Waals surface area contributed by atoms with E-state index < -0.39 is 0 Å². The van der Waals surface area contributed by atoms with Gasteiger partial charge in [-0.2, -0.15) is 0 Å². The predicted molar refractivity (Wildman–Crippen MR) is 86.6 cm³/mol. The van der Waals surface area contributed by atoms with Gasteiger partial charge in [0.25, 0.3) is 0 Å². The molecule has 3 rings (SSSR count). The van der Waals surface area contributed by atoms with Crippen LogP contribution in [0.1, 0.15) is 29.6 Å². The summed E-state index contributed by atoms with van der Waals surface area (Å²) in [6.45, 7) is 2.72. The van der Waals surface area contributed by atoms with Crippen LogP contribution in [0, 0.1) is 0 Å². The monoisotopic (exact) mass is 315 g/mol. The topological polar surface area (TPSA) is 60.9 Å². The lowest BCUT2D eigenvalue weighted by molar-refractivity contribution is -0.120. The molecule has 0 unspecified atom stereocenters. The molecule has 1 aromatic carbocycles. The molecule has 3 amide bonds. The van der Waals surface area contributed by atoms with Crippen LogP contribution >= 0.6 is 0 Å². The number of hydrogen-bond acceptors (Lipinski definition) is 3. The number of nitrogens with zero attached hydrogens (tertiary/aromatic N) is 3. The zero-order chi connectivity index (χ0) is 16.2. The van der Waals surface area contributed by atoms with Crippen molar-refractivity contribution in [2.24, 2.45) is 0 Å². The molecule has 2 aliphatic heterocycles. The minimum atomic E-state index is -0.0829. The Morgan fingerprint density at radius 3 is 2.22 bits per heavy atom. The second-order valence-electron chi connectivity index (χ2n) is 6.01. The van der Waals surface area contributed by atoms with Gasteiger partial charge in [0.05, 0.1) is 0 Å². The van der Waals surface area contributed by atoms with Gasteiger partial charge in [-0.1, -0.05) is 0 Å². The quantitative estimate of drug-likeness (QED) is 0.781. The molecule has 23 heavy (non-hydrogen) atoms. The molecule has 2 heterocycles. The molecule has 0 bridgehead atoms. The maximum absolute atomic E-state index is 12.5. The first-order chi connectivity index (χ1) is 11.2. The molecule has 0 radical (unpaired) electrons. The Kier molecular flexibility index (Phi) is 4.60. The third kappa shape index (κ3) is 3.36. The Morgan fingerprint density at radius 1 is 0.913 bits per heavy atom. The summed E-state index contributed by atoms with van der Waals surface area (Å²) in [6, 6.07) is 6.91. The minimum absolute atomic E-state index is 0.0194. The highest BCUT2D eigenvalue weighted by molar-refractivity contribution is 5.98. The summed E-state index contributed by atoms with van der Waals surface area (Å²) in [4.78, 5) is 40.7. The highest BCUT2D eigenvalue weighted by Crippen LogP contribution is 2.19. The number of piperazine rings is 1. The van der Waals surface area contributed by atoms with E-state index in [2.05, 4.69) is 0 Å². The van der Waals surface area contributed by atoms with Crippen molar-refractivity contribution < 1.29 is 14.4 Å². The molecular weight excluding hydrogens is 294 g/mol. The average Bonchev–Trinajstić information content (AvgIpc) is 2.62. The van der Waals surface area contributed by atoms with Gasteiger partial charge in [0, 0.05) is 37.4 Å². The van der Waals surface area contributed by atoms with E-state index in [1.54, 1.807) is 34.1 Å². The normalized spacial score (nSPS) is 19.0. The number of carbonyl (C=O) groups is 3. The van der Waals surface area contributed by atoms with Crippen LogP contribution in [0.5, 0.6) is 0 Å². The molecule has 0 saturated carbocycles. The molecule has 6 heteroatoms. The molecule has 1 aromatic rings. The number of urea groups is 1. The Morgan fingerprint density at radius 2 is 1.61 bits per heavy atom. The Hall–Kier alpha value is -2.37. The third-order valence-corrected chi connectivity index (χ3v) is 4.46.